The lowest BCUT2D eigenvalue weighted by atomic mass is 9.72. The number of Topliss-reactive ketones (excluding diaryl/α,β-unsaturated/α-hetero) is 1. The minimum Gasteiger partial charge on any atom is -0.481 e. The molecule has 0 aromatic heterocycles. The number of nitrogens with zero attached hydrogens (tertiary/aromatic N) is 1. The van der Waals surface area contributed by atoms with Gasteiger partial charge in [0, 0.05) is 31.6 Å². The smallest absolute Gasteiger partial charge is 0.320 e. The number of amides is 2. The first-order chi connectivity index (χ1) is 13.4. The van der Waals surface area contributed by atoms with Crippen LogP contribution in [0.15, 0.2) is 30.3 Å². The Bertz CT molecular complexity index is 711. The van der Waals surface area contributed by atoms with Gasteiger partial charge >= 0.3 is 18.0 Å². The monoisotopic (exact) mass is 390 g/mol. The number of likely N-dealkylation sites (tertiary alicyclic amines) is 1. The van der Waals surface area contributed by atoms with Crippen molar-refractivity contribution >= 4 is 23.8 Å². The third-order valence-corrected chi connectivity index (χ3v) is 4.88. The predicted molar refractivity (Wildman–Crippen MR) is 101 cm³/mol. The Morgan fingerprint density at radius 3 is 2.36 bits per heavy atom. The van der Waals surface area contributed by atoms with Crippen LogP contribution in [0.3, 0.4) is 0 Å². The van der Waals surface area contributed by atoms with Crippen LogP contribution < -0.4 is 5.32 Å². The number of nitrogens with one attached hydrogen (secondary N) is 1. The van der Waals surface area contributed by atoms with E-state index in [4.69, 9.17) is 9.84 Å². The molecule has 0 unspecified atom stereocenters. The minimum atomic E-state index is -1.29. The summed E-state index contributed by atoms with van der Waals surface area (Å²) in [5.41, 5.74) is -0.848. The van der Waals surface area contributed by atoms with Crippen LogP contribution in [0.1, 0.15) is 43.0 Å². The number of ether oxygens (including phenoxy) is 1. The van der Waals surface area contributed by atoms with Gasteiger partial charge in [0.05, 0.1) is 6.61 Å². The van der Waals surface area contributed by atoms with E-state index in [1.807, 2.05) is 0 Å². The van der Waals surface area contributed by atoms with Crippen LogP contribution >= 0.6 is 0 Å². The Morgan fingerprint density at radius 2 is 1.79 bits per heavy atom. The van der Waals surface area contributed by atoms with Crippen molar-refractivity contribution in [2.45, 2.75) is 32.6 Å². The second-order valence-electron chi connectivity index (χ2n) is 6.71. The van der Waals surface area contributed by atoms with Crippen molar-refractivity contribution in [2.24, 2.45) is 5.41 Å². The van der Waals surface area contributed by atoms with E-state index >= 15 is 0 Å². The van der Waals surface area contributed by atoms with E-state index in [2.05, 4.69) is 5.32 Å². The number of carbonyl (C=O) groups is 4. The number of ketones is 1. The number of carboxylic acid groups (broad SMARTS) is 1. The van der Waals surface area contributed by atoms with Crippen molar-refractivity contribution in [3.63, 3.8) is 0 Å². The average Bonchev–Trinajstić information content (AvgIpc) is 2.71. The van der Waals surface area contributed by atoms with E-state index in [1.54, 1.807) is 37.3 Å². The zero-order valence-electron chi connectivity index (χ0n) is 16.0. The number of benzene rings is 1. The zero-order valence-corrected chi connectivity index (χ0v) is 16.0. The van der Waals surface area contributed by atoms with Gasteiger partial charge in [0.2, 0.25) is 0 Å². The molecule has 8 heteroatoms. The van der Waals surface area contributed by atoms with Crippen molar-refractivity contribution < 1.29 is 29.0 Å². The zero-order chi connectivity index (χ0) is 20.6. The number of carbonyl (C=O) groups excluding carboxylic acids is 3. The molecule has 152 valence electrons. The van der Waals surface area contributed by atoms with E-state index in [-0.39, 0.29) is 57.3 Å². The van der Waals surface area contributed by atoms with Gasteiger partial charge in [-0.3, -0.25) is 14.4 Å². The van der Waals surface area contributed by atoms with Crippen LogP contribution in [0, 0.1) is 5.41 Å². The molecule has 0 aliphatic carbocycles. The summed E-state index contributed by atoms with van der Waals surface area (Å²) in [6, 6.07) is 8.30. The summed E-state index contributed by atoms with van der Waals surface area (Å²) in [5.74, 6) is -1.75. The van der Waals surface area contributed by atoms with Gasteiger partial charge in [0.25, 0.3) is 0 Å². The Labute approximate surface area is 163 Å². The van der Waals surface area contributed by atoms with Crippen LogP contribution in [0.2, 0.25) is 0 Å². The summed E-state index contributed by atoms with van der Waals surface area (Å²) in [6.07, 6.45) is 0.691. The van der Waals surface area contributed by atoms with Gasteiger partial charge < -0.3 is 20.1 Å². The molecule has 2 N–H and O–H groups in total. The highest BCUT2D eigenvalue weighted by molar-refractivity contribution is 6.12. The fourth-order valence-corrected chi connectivity index (χ4v) is 3.30. The molecule has 1 aliphatic rings. The average molecular weight is 390 g/mol. The molecular weight excluding hydrogens is 364 g/mol. The topological polar surface area (TPSA) is 113 Å². The van der Waals surface area contributed by atoms with Gasteiger partial charge in [-0.15, -0.1) is 0 Å². The quantitative estimate of drug-likeness (QED) is 0.304. The highest BCUT2D eigenvalue weighted by Gasteiger charge is 2.49. The van der Waals surface area contributed by atoms with Gasteiger partial charge in [-0.05, 0) is 26.2 Å². The van der Waals surface area contributed by atoms with Crippen molar-refractivity contribution in [1.82, 2.24) is 10.2 Å². The lowest BCUT2D eigenvalue weighted by Crippen LogP contribution is -2.53. The molecule has 1 aromatic carbocycles. The van der Waals surface area contributed by atoms with Crippen molar-refractivity contribution in [3.8, 4) is 0 Å². The summed E-state index contributed by atoms with van der Waals surface area (Å²) in [7, 11) is 0. The first-order valence-electron chi connectivity index (χ1n) is 9.42. The minimum absolute atomic E-state index is 0.0160. The lowest BCUT2D eigenvalue weighted by molar-refractivity contribution is -0.154. The number of urea groups is 1. The number of hydrogen-bond acceptors (Lipinski definition) is 5. The standard InChI is InChI=1S/C20H26N2O6/c1-2-28-18(26)20(17(25)15-7-4-3-5-8-15)10-13-22(14-11-20)19(27)21-12-6-9-16(23)24/h3-5,7-8H,2,6,9-14H2,1H3,(H,21,27)(H,23,24). The van der Waals surface area contributed by atoms with Gasteiger partial charge in [0.15, 0.2) is 5.78 Å². The molecule has 0 atom stereocenters. The largest absolute Gasteiger partial charge is 0.481 e. The summed E-state index contributed by atoms with van der Waals surface area (Å²) in [4.78, 5) is 50.1. The van der Waals surface area contributed by atoms with Gasteiger partial charge in [-0.25, -0.2) is 4.79 Å². The SMILES string of the molecule is CCOC(=O)C1(C(=O)c2ccccc2)CCN(C(=O)NCCCC(=O)O)CC1. The molecule has 2 rings (SSSR count). The Hall–Kier alpha value is -2.90. The van der Waals surface area contributed by atoms with E-state index in [1.165, 1.54) is 4.90 Å². The number of carboxylic acids is 1. The van der Waals surface area contributed by atoms with Crippen LogP contribution in [0.4, 0.5) is 4.79 Å². The second-order valence-corrected chi connectivity index (χ2v) is 6.71. The number of aliphatic carboxylic acids is 1. The van der Waals surface area contributed by atoms with Gasteiger partial charge in [-0.2, -0.15) is 0 Å². The fourth-order valence-electron chi connectivity index (χ4n) is 3.30. The van der Waals surface area contributed by atoms with Crippen LogP contribution in [-0.4, -0.2) is 60.0 Å². The van der Waals surface area contributed by atoms with Gasteiger partial charge in [-0.1, -0.05) is 30.3 Å². The molecule has 2 amide bonds. The van der Waals surface area contributed by atoms with Crippen molar-refractivity contribution in [3.05, 3.63) is 35.9 Å². The molecule has 1 aliphatic heterocycles. The van der Waals surface area contributed by atoms with Crippen molar-refractivity contribution in [2.75, 3.05) is 26.2 Å². The van der Waals surface area contributed by atoms with Crippen LogP contribution in [0.25, 0.3) is 0 Å². The molecule has 28 heavy (non-hydrogen) atoms. The Balaban J connectivity index is 2.04. The molecular formula is C20H26N2O6. The first-order valence-corrected chi connectivity index (χ1v) is 9.42. The number of esters is 1. The molecule has 0 spiro atoms. The van der Waals surface area contributed by atoms with Crippen LogP contribution in [0.5, 0.6) is 0 Å². The van der Waals surface area contributed by atoms with Crippen LogP contribution in [-0.2, 0) is 14.3 Å². The van der Waals surface area contributed by atoms with E-state index in [9.17, 15) is 19.2 Å². The molecule has 1 saturated heterocycles. The maximum absolute atomic E-state index is 13.1. The van der Waals surface area contributed by atoms with E-state index in [0.29, 0.717) is 12.0 Å². The third kappa shape index (κ3) is 5.09. The fraction of sp³-hybridized carbons (Fsp3) is 0.500. The second kappa shape index (κ2) is 9.87. The summed E-state index contributed by atoms with van der Waals surface area (Å²) >= 11 is 0. The lowest BCUT2D eigenvalue weighted by Gasteiger charge is -2.38. The highest BCUT2D eigenvalue weighted by atomic mass is 16.5. The normalized spacial score (nSPS) is 15.5. The molecule has 1 heterocycles. The molecule has 1 fully saturated rings. The molecule has 0 radical (unpaired) electrons. The molecule has 0 bridgehead atoms. The van der Waals surface area contributed by atoms with E-state index in [0.717, 1.165) is 0 Å². The Kier molecular flexibility index (Phi) is 7.54. The van der Waals surface area contributed by atoms with Crippen molar-refractivity contribution in [1.29, 1.82) is 0 Å². The predicted octanol–water partition coefficient (Wildman–Crippen LogP) is 2.09. The Morgan fingerprint density at radius 1 is 1.14 bits per heavy atom. The number of hydrogen-bond donors (Lipinski definition) is 2. The van der Waals surface area contributed by atoms with E-state index < -0.39 is 17.4 Å². The third-order valence-electron chi connectivity index (χ3n) is 4.88. The molecule has 8 nitrogen and oxygen atoms in total. The maximum atomic E-state index is 13.1. The summed E-state index contributed by atoms with van der Waals surface area (Å²) in [6.45, 7) is 2.60. The highest BCUT2D eigenvalue weighted by Crippen LogP contribution is 2.36. The summed E-state index contributed by atoms with van der Waals surface area (Å²) in [5, 5.41) is 11.3. The number of piperidine rings is 1. The molecule has 1 aromatic rings. The number of rotatable bonds is 8. The maximum Gasteiger partial charge on any atom is 0.320 e. The van der Waals surface area contributed by atoms with Gasteiger partial charge in [0.1, 0.15) is 5.41 Å². The first kappa shape index (κ1) is 21.4. The molecule has 0 saturated carbocycles. The summed E-state index contributed by atoms with van der Waals surface area (Å²) < 4.78 is 5.19.